The minimum atomic E-state index is -1.22. The number of amides is 1. The molecule has 19 heavy (non-hydrogen) atoms. The average Bonchev–Trinajstić information content (AvgIpc) is 2.30. The summed E-state index contributed by atoms with van der Waals surface area (Å²) in [5.74, 6) is -3.00. The second-order valence-corrected chi connectivity index (χ2v) is 3.84. The van der Waals surface area contributed by atoms with E-state index in [0.717, 1.165) is 0 Å². The van der Waals surface area contributed by atoms with Crippen LogP contribution in [0.25, 0.3) is 0 Å². The van der Waals surface area contributed by atoms with Gasteiger partial charge in [0.05, 0.1) is 10.6 Å². The molecule has 1 rings (SSSR count). The van der Waals surface area contributed by atoms with Gasteiger partial charge in [-0.1, -0.05) is 11.6 Å². The molecule has 0 radical (unpaired) electrons. The van der Waals surface area contributed by atoms with Gasteiger partial charge in [0.1, 0.15) is 13.2 Å². The fourth-order valence-electron chi connectivity index (χ4n) is 1.20. The number of anilines is 1. The highest BCUT2D eigenvalue weighted by atomic mass is 35.5. The summed E-state index contributed by atoms with van der Waals surface area (Å²) in [5, 5.41) is 19.6. The number of carboxylic acid groups (broad SMARTS) is 2. The Morgan fingerprint density at radius 1 is 1.21 bits per heavy atom. The van der Waals surface area contributed by atoms with E-state index in [9.17, 15) is 14.4 Å². The van der Waals surface area contributed by atoms with Gasteiger partial charge in [0.25, 0.3) is 0 Å². The molecule has 0 heterocycles. The average molecular weight is 288 g/mol. The molecule has 3 N–H and O–H groups in total. The normalized spacial score (nSPS) is 9.95. The third-order valence-corrected chi connectivity index (χ3v) is 2.27. The van der Waals surface area contributed by atoms with Crippen molar-refractivity contribution in [3.8, 4) is 0 Å². The Hall–Kier alpha value is -2.12. The van der Waals surface area contributed by atoms with Gasteiger partial charge in [0.15, 0.2) is 0 Å². The molecule has 0 aliphatic carbocycles. The molecule has 0 bridgehead atoms. The maximum absolute atomic E-state index is 11.4. The van der Waals surface area contributed by atoms with Crippen LogP contribution >= 0.6 is 11.6 Å². The van der Waals surface area contributed by atoms with Gasteiger partial charge in [-0.15, -0.1) is 0 Å². The molecule has 0 atom stereocenters. The number of hydrogen-bond donors (Lipinski definition) is 3. The highest BCUT2D eigenvalue weighted by molar-refractivity contribution is 6.33. The third kappa shape index (κ3) is 4.94. The van der Waals surface area contributed by atoms with Crippen molar-refractivity contribution in [3.63, 3.8) is 0 Å². The number of nitrogens with one attached hydrogen (secondary N) is 1. The summed E-state index contributed by atoms with van der Waals surface area (Å²) in [4.78, 5) is 32.3. The van der Waals surface area contributed by atoms with Crippen molar-refractivity contribution in [2.24, 2.45) is 0 Å². The molecular formula is C11H10ClNO6. The van der Waals surface area contributed by atoms with Crippen molar-refractivity contribution >= 4 is 35.1 Å². The van der Waals surface area contributed by atoms with E-state index in [1.165, 1.54) is 18.2 Å². The van der Waals surface area contributed by atoms with Crippen LogP contribution in [-0.2, 0) is 14.3 Å². The fourth-order valence-corrected chi connectivity index (χ4v) is 1.39. The maximum atomic E-state index is 11.4. The van der Waals surface area contributed by atoms with E-state index >= 15 is 0 Å². The maximum Gasteiger partial charge on any atom is 0.337 e. The Balaban J connectivity index is 2.62. The molecule has 7 nitrogen and oxygen atoms in total. The molecular weight excluding hydrogens is 278 g/mol. The Bertz CT molecular complexity index is 516. The summed E-state index contributed by atoms with van der Waals surface area (Å²) >= 11 is 5.66. The van der Waals surface area contributed by atoms with Gasteiger partial charge in [-0.3, -0.25) is 4.79 Å². The number of halogens is 1. The summed E-state index contributed by atoms with van der Waals surface area (Å²) in [6, 6.07) is 3.95. The van der Waals surface area contributed by atoms with Crippen molar-refractivity contribution in [1.29, 1.82) is 0 Å². The Labute approximate surface area is 112 Å². The minimum absolute atomic E-state index is 0.0487. The lowest BCUT2D eigenvalue weighted by atomic mass is 10.2. The van der Waals surface area contributed by atoms with Gasteiger partial charge < -0.3 is 20.3 Å². The largest absolute Gasteiger partial charge is 0.480 e. The van der Waals surface area contributed by atoms with Crippen molar-refractivity contribution in [1.82, 2.24) is 0 Å². The van der Waals surface area contributed by atoms with Crippen molar-refractivity contribution in [2.75, 3.05) is 18.5 Å². The molecule has 0 aromatic heterocycles. The zero-order valence-electron chi connectivity index (χ0n) is 9.55. The van der Waals surface area contributed by atoms with Crippen LogP contribution < -0.4 is 5.32 Å². The van der Waals surface area contributed by atoms with Crippen LogP contribution in [-0.4, -0.2) is 41.3 Å². The highest BCUT2D eigenvalue weighted by Gasteiger charge is 2.11. The predicted octanol–water partition coefficient (Wildman–Crippen LogP) is 1.08. The molecule has 0 spiro atoms. The van der Waals surface area contributed by atoms with Gasteiger partial charge in [-0.25, -0.2) is 9.59 Å². The lowest BCUT2D eigenvalue weighted by molar-refractivity contribution is -0.143. The van der Waals surface area contributed by atoms with E-state index < -0.39 is 31.1 Å². The van der Waals surface area contributed by atoms with E-state index in [0.29, 0.717) is 0 Å². The van der Waals surface area contributed by atoms with E-state index in [1.807, 2.05) is 0 Å². The molecule has 1 amide bonds. The van der Waals surface area contributed by atoms with Crippen LogP contribution in [0.15, 0.2) is 18.2 Å². The first-order valence-corrected chi connectivity index (χ1v) is 5.40. The standard InChI is InChI=1S/C11H10ClNO6/c12-8-2-1-6(3-7(8)11(17)18)13-9(14)4-19-5-10(15)16/h1-3H,4-5H2,(H,13,14)(H,15,16)(H,17,18). The monoisotopic (exact) mass is 287 g/mol. The Morgan fingerprint density at radius 3 is 2.47 bits per heavy atom. The van der Waals surface area contributed by atoms with Gasteiger partial charge >= 0.3 is 11.9 Å². The second-order valence-electron chi connectivity index (χ2n) is 3.43. The van der Waals surface area contributed by atoms with E-state index in [4.69, 9.17) is 21.8 Å². The number of ether oxygens (including phenoxy) is 1. The van der Waals surface area contributed by atoms with Crippen molar-refractivity contribution in [2.45, 2.75) is 0 Å². The zero-order valence-corrected chi connectivity index (χ0v) is 10.3. The Morgan fingerprint density at radius 2 is 1.89 bits per heavy atom. The molecule has 8 heteroatoms. The second kappa shape index (κ2) is 6.72. The number of hydrogen-bond acceptors (Lipinski definition) is 4. The zero-order chi connectivity index (χ0) is 14.4. The Kier molecular flexibility index (Phi) is 5.28. The molecule has 0 saturated heterocycles. The molecule has 102 valence electrons. The van der Waals surface area contributed by atoms with Crippen molar-refractivity contribution in [3.05, 3.63) is 28.8 Å². The number of aliphatic carboxylic acids is 1. The summed E-state index contributed by atoms with van der Waals surface area (Å²) in [7, 11) is 0. The molecule has 0 unspecified atom stereocenters. The summed E-state index contributed by atoms with van der Waals surface area (Å²) < 4.78 is 4.58. The first-order valence-electron chi connectivity index (χ1n) is 5.02. The van der Waals surface area contributed by atoms with Crippen LogP contribution in [0.4, 0.5) is 5.69 Å². The topological polar surface area (TPSA) is 113 Å². The van der Waals surface area contributed by atoms with E-state index in [-0.39, 0.29) is 16.3 Å². The first kappa shape index (κ1) is 14.9. The number of carbonyl (C=O) groups is 3. The molecule has 0 aliphatic heterocycles. The van der Waals surface area contributed by atoms with Crippen LogP contribution in [0.2, 0.25) is 5.02 Å². The first-order chi connectivity index (χ1) is 8.90. The SMILES string of the molecule is O=C(O)COCC(=O)Nc1ccc(Cl)c(C(=O)O)c1. The van der Waals surface area contributed by atoms with Gasteiger partial charge in [0.2, 0.25) is 5.91 Å². The quantitative estimate of drug-likeness (QED) is 0.721. The number of carbonyl (C=O) groups excluding carboxylic acids is 1. The summed E-state index contributed by atoms with van der Waals surface area (Å²) in [6.07, 6.45) is 0. The van der Waals surface area contributed by atoms with Gasteiger partial charge in [0, 0.05) is 5.69 Å². The van der Waals surface area contributed by atoms with Gasteiger partial charge in [-0.05, 0) is 18.2 Å². The lowest BCUT2D eigenvalue weighted by Gasteiger charge is -2.07. The van der Waals surface area contributed by atoms with Crippen LogP contribution in [0.1, 0.15) is 10.4 Å². The number of carboxylic acids is 2. The smallest absolute Gasteiger partial charge is 0.337 e. The van der Waals surface area contributed by atoms with Crippen LogP contribution in [0, 0.1) is 0 Å². The molecule has 0 saturated carbocycles. The molecule has 0 fully saturated rings. The number of rotatable bonds is 6. The summed E-state index contributed by atoms with van der Waals surface area (Å²) in [6.45, 7) is -1.04. The summed E-state index contributed by atoms with van der Waals surface area (Å²) in [5.41, 5.74) is 0.0802. The lowest BCUT2D eigenvalue weighted by Crippen LogP contribution is -2.20. The number of benzene rings is 1. The fraction of sp³-hybridized carbons (Fsp3) is 0.182. The predicted molar refractivity (Wildman–Crippen MR) is 65.5 cm³/mol. The van der Waals surface area contributed by atoms with Gasteiger partial charge in [-0.2, -0.15) is 0 Å². The van der Waals surface area contributed by atoms with Crippen molar-refractivity contribution < 1.29 is 29.3 Å². The molecule has 0 aliphatic rings. The van der Waals surface area contributed by atoms with E-state index in [1.54, 1.807) is 0 Å². The highest BCUT2D eigenvalue weighted by Crippen LogP contribution is 2.20. The van der Waals surface area contributed by atoms with Crippen LogP contribution in [0.3, 0.4) is 0 Å². The van der Waals surface area contributed by atoms with E-state index in [2.05, 4.69) is 10.1 Å². The van der Waals surface area contributed by atoms with Crippen LogP contribution in [0.5, 0.6) is 0 Å². The number of aromatic carboxylic acids is 1. The molecule has 1 aromatic rings. The molecule has 1 aromatic carbocycles. The minimum Gasteiger partial charge on any atom is -0.480 e. The third-order valence-electron chi connectivity index (χ3n) is 1.94.